The largest absolute Gasteiger partial charge is 0.483 e. The number of rotatable bonds is 6. The lowest BCUT2D eigenvalue weighted by molar-refractivity contribution is 0.209. The molecule has 2 unspecified atom stereocenters. The third-order valence-corrected chi connectivity index (χ3v) is 4.62. The molecule has 0 aliphatic heterocycles. The molecule has 3 nitrogen and oxygen atoms in total. The van der Waals surface area contributed by atoms with Gasteiger partial charge in [-0.25, -0.2) is 4.98 Å². The molecule has 0 saturated heterocycles. The summed E-state index contributed by atoms with van der Waals surface area (Å²) in [5.74, 6) is 2.35. The van der Waals surface area contributed by atoms with Crippen LogP contribution in [0.1, 0.15) is 39.1 Å². The van der Waals surface area contributed by atoms with Crippen LogP contribution in [-0.4, -0.2) is 9.55 Å². The minimum atomic E-state index is -0.136. The van der Waals surface area contributed by atoms with E-state index in [0.717, 1.165) is 30.1 Å². The van der Waals surface area contributed by atoms with Crippen molar-refractivity contribution in [1.29, 1.82) is 0 Å². The van der Waals surface area contributed by atoms with Crippen molar-refractivity contribution >= 4 is 22.6 Å². The SMILES string of the molecule is CCC(C)Cn1c(C(C)Oc2ccc(Cl)cc2)nc2ccccc21. The minimum Gasteiger partial charge on any atom is -0.483 e. The van der Waals surface area contributed by atoms with Crippen LogP contribution >= 0.6 is 11.6 Å². The number of imidazole rings is 1. The van der Waals surface area contributed by atoms with E-state index in [1.165, 1.54) is 5.52 Å². The Balaban J connectivity index is 1.94. The highest BCUT2D eigenvalue weighted by Gasteiger charge is 2.19. The van der Waals surface area contributed by atoms with Gasteiger partial charge in [-0.05, 0) is 49.2 Å². The molecule has 126 valence electrons. The summed E-state index contributed by atoms with van der Waals surface area (Å²) in [4.78, 5) is 4.83. The van der Waals surface area contributed by atoms with Crippen LogP contribution in [0.3, 0.4) is 0 Å². The zero-order valence-corrected chi connectivity index (χ0v) is 15.1. The highest BCUT2D eigenvalue weighted by Crippen LogP contribution is 2.27. The van der Waals surface area contributed by atoms with E-state index in [1.807, 2.05) is 37.3 Å². The van der Waals surface area contributed by atoms with Gasteiger partial charge in [-0.15, -0.1) is 0 Å². The molecule has 0 fully saturated rings. The Morgan fingerprint density at radius 1 is 1.08 bits per heavy atom. The van der Waals surface area contributed by atoms with E-state index in [2.05, 4.69) is 36.6 Å². The fraction of sp³-hybridized carbons (Fsp3) is 0.350. The van der Waals surface area contributed by atoms with Crippen molar-refractivity contribution in [1.82, 2.24) is 9.55 Å². The molecule has 4 heteroatoms. The van der Waals surface area contributed by atoms with Gasteiger partial charge in [0.15, 0.2) is 11.9 Å². The van der Waals surface area contributed by atoms with Crippen molar-refractivity contribution in [3.63, 3.8) is 0 Å². The molecule has 3 rings (SSSR count). The van der Waals surface area contributed by atoms with Gasteiger partial charge in [0.25, 0.3) is 0 Å². The van der Waals surface area contributed by atoms with E-state index in [-0.39, 0.29) is 6.10 Å². The predicted octanol–water partition coefficient (Wildman–Crippen LogP) is 5.88. The molecule has 3 aromatic rings. The molecule has 0 spiro atoms. The van der Waals surface area contributed by atoms with Crippen LogP contribution in [0.4, 0.5) is 0 Å². The molecule has 1 aromatic heterocycles. The Labute approximate surface area is 148 Å². The van der Waals surface area contributed by atoms with Crippen LogP contribution < -0.4 is 4.74 Å². The Hall–Kier alpha value is -2.00. The smallest absolute Gasteiger partial charge is 0.153 e. The summed E-state index contributed by atoms with van der Waals surface area (Å²) < 4.78 is 8.39. The first-order chi connectivity index (χ1) is 11.6. The van der Waals surface area contributed by atoms with Gasteiger partial charge in [0.2, 0.25) is 0 Å². The molecule has 0 N–H and O–H groups in total. The quantitative estimate of drug-likeness (QED) is 0.559. The van der Waals surface area contributed by atoms with Gasteiger partial charge in [0.1, 0.15) is 5.75 Å². The van der Waals surface area contributed by atoms with E-state index in [9.17, 15) is 0 Å². The van der Waals surface area contributed by atoms with Gasteiger partial charge in [0.05, 0.1) is 11.0 Å². The number of para-hydroxylation sites is 2. The molecule has 0 saturated carbocycles. The maximum Gasteiger partial charge on any atom is 0.153 e. The Morgan fingerprint density at radius 2 is 1.79 bits per heavy atom. The van der Waals surface area contributed by atoms with Crippen molar-refractivity contribution in [2.45, 2.75) is 39.8 Å². The van der Waals surface area contributed by atoms with E-state index in [0.29, 0.717) is 10.9 Å². The van der Waals surface area contributed by atoms with Gasteiger partial charge in [0, 0.05) is 11.6 Å². The van der Waals surface area contributed by atoms with Gasteiger partial charge in [-0.2, -0.15) is 0 Å². The zero-order chi connectivity index (χ0) is 17.1. The molecule has 2 aromatic carbocycles. The fourth-order valence-electron chi connectivity index (χ4n) is 2.81. The number of halogens is 1. The van der Waals surface area contributed by atoms with Crippen molar-refractivity contribution in [2.24, 2.45) is 5.92 Å². The minimum absolute atomic E-state index is 0.136. The van der Waals surface area contributed by atoms with Crippen LogP contribution in [0, 0.1) is 5.92 Å². The van der Waals surface area contributed by atoms with Crippen LogP contribution in [-0.2, 0) is 6.54 Å². The molecule has 2 atom stereocenters. The first-order valence-electron chi connectivity index (χ1n) is 8.46. The van der Waals surface area contributed by atoms with Crippen LogP contribution in [0.25, 0.3) is 11.0 Å². The molecular weight excluding hydrogens is 320 g/mol. The number of hydrogen-bond donors (Lipinski definition) is 0. The van der Waals surface area contributed by atoms with E-state index in [4.69, 9.17) is 21.3 Å². The normalized spacial score (nSPS) is 13.8. The summed E-state index contributed by atoms with van der Waals surface area (Å²) in [6.07, 6.45) is 1.00. The number of fused-ring (bicyclic) bond motifs is 1. The topological polar surface area (TPSA) is 27.1 Å². The number of aromatic nitrogens is 2. The summed E-state index contributed by atoms with van der Waals surface area (Å²) in [5.41, 5.74) is 2.18. The van der Waals surface area contributed by atoms with Gasteiger partial charge in [-0.1, -0.05) is 44.0 Å². The summed E-state index contributed by atoms with van der Waals surface area (Å²) >= 11 is 5.95. The maximum absolute atomic E-state index is 6.10. The second-order valence-corrected chi connectivity index (χ2v) is 6.73. The molecule has 24 heavy (non-hydrogen) atoms. The number of nitrogens with zero attached hydrogens (tertiary/aromatic N) is 2. The average Bonchev–Trinajstić information content (AvgIpc) is 2.95. The Bertz CT molecular complexity index is 810. The van der Waals surface area contributed by atoms with Crippen molar-refractivity contribution in [3.8, 4) is 5.75 Å². The van der Waals surface area contributed by atoms with Crippen molar-refractivity contribution in [2.75, 3.05) is 0 Å². The number of benzene rings is 2. The molecule has 0 aliphatic rings. The lowest BCUT2D eigenvalue weighted by atomic mass is 10.1. The van der Waals surface area contributed by atoms with E-state index < -0.39 is 0 Å². The van der Waals surface area contributed by atoms with Crippen LogP contribution in [0.15, 0.2) is 48.5 Å². The summed E-state index contributed by atoms with van der Waals surface area (Å²) in [7, 11) is 0. The molecule has 0 radical (unpaired) electrons. The van der Waals surface area contributed by atoms with Crippen LogP contribution in [0.2, 0.25) is 5.02 Å². The second-order valence-electron chi connectivity index (χ2n) is 6.30. The Morgan fingerprint density at radius 3 is 2.50 bits per heavy atom. The fourth-order valence-corrected chi connectivity index (χ4v) is 2.93. The van der Waals surface area contributed by atoms with Crippen LogP contribution in [0.5, 0.6) is 5.75 Å². The zero-order valence-electron chi connectivity index (χ0n) is 14.4. The first kappa shape index (κ1) is 16.8. The third kappa shape index (κ3) is 3.57. The molecule has 1 heterocycles. The van der Waals surface area contributed by atoms with Gasteiger partial charge >= 0.3 is 0 Å². The molecule has 0 bridgehead atoms. The van der Waals surface area contributed by atoms with Crippen molar-refractivity contribution in [3.05, 3.63) is 59.4 Å². The molecular formula is C20H23ClN2O. The highest BCUT2D eigenvalue weighted by molar-refractivity contribution is 6.30. The number of hydrogen-bond acceptors (Lipinski definition) is 2. The monoisotopic (exact) mass is 342 g/mol. The average molecular weight is 343 g/mol. The standard InChI is InChI=1S/C20H23ClN2O/c1-4-14(2)13-23-19-8-6-5-7-18(19)22-20(23)15(3)24-17-11-9-16(21)10-12-17/h5-12,14-15H,4,13H2,1-3H3. The summed E-state index contributed by atoms with van der Waals surface area (Å²) in [5, 5.41) is 0.707. The molecule has 0 amide bonds. The van der Waals surface area contributed by atoms with E-state index >= 15 is 0 Å². The summed E-state index contributed by atoms with van der Waals surface area (Å²) in [6, 6.07) is 15.7. The third-order valence-electron chi connectivity index (χ3n) is 4.37. The lowest BCUT2D eigenvalue weighted by Crippen LogP contribution is -2.15. The Kier molecular flexibility index (Phi) is 5.10. The molecule has 0 aliphatic carbocycles. The maximum atomic E-state index is 6.10. The lowest BCUT2D eigenvalue weighted by Gasteiger charge is -2.19. The number of ether oxygens (including phenoxy) is 1. The van der Waals surface area contributed by atoms with Gasteiger partial charge < -0.3 is 9.30 Å². The van der Waals surface area contributed by atoms with Gasteiger partial charge in [-0.3, -0.25) is 0 Å². The highest BCUT2D eigenvalue weighted by atomic mass is 35.5. The first-order valence-corrected chi connectivity index (χ1v) is 8.83. The predicted molar refractivity (Wildman–Crippen MR) is 99.7 cm³/mol. The second kappa shape index (κ2) is 7.27. The summed E-state index contributed by atoms with van der Waals surface area (Å²) in [6.45, 7) is 7.48. The van der Waals surface area contributed by atoms with Crippen molar-refractivity contribution < 1.29 is 4.74 Å². The van der Waals surface area contributed by atoms with E-state index in [1.54, 1.807) is 0 Å².